The lowest BCUT2D eigenvalue weighted by Gasteiger charge is -2.13. The number of nitrogens with two attached hydrogens (primary N) is 1. The molecule has 0 aromatic rings. The lowest BCUT2D eigenvalue weighted by Crippen LogP contribution is -2.29. The van der Waals surface area contributed by atoms with Crippen LogP contribution in [0.1, 0.15) is 27.2 Å². The molecule has 0 spiro atoms. The van der Waals surface area contributed by atoms with Crippen LogP contribution in [0.25, 0.3) is 0 Å². The largest absolute Gasteiger partial charge is 0.369 e. The van der Waals surface area contributed by atoms with E-state index in [4.69, 9.17) is 5.73 Å². The standard InChI is InChI=1S/C8H15NO/c1-4-5-6-8(2,3)7(9)10/h5-6H,4H2,1-3H3,(H2,9,10). The smallest absolute Gasteiger partial charge is 0.226 e. The molecule has 0 radical (unpaired) electrons. The predicted octanol–water partition coefficient (Wildman–Crippen LogP) is 1.46. The molecule has 0 saturated carbocycles. The lowest BCUT2D eigenvalue weighted by atomic mass is 9.92. The van der Waals surface area contributed by atoms with Crippen molar-refractivity contribution in [2.45, 2.75) is 27.2 Å². The van der Waals surface area contributed by atoms with Gasteiger partial charge in [0.1, 0.15) is 0 Å². The molecule has 0 aliphatic heterocycles. The Bertz CT molecular complexity index is 147. The summed E-state index contributed by atoms with van der Waals surface area (Å²) in [5.41, 5.74) is 4.63. The first-order chi connectivity index (χ1) is 4.50. The molecule has 0 aliphatic rings. The highest BCUT2D eigenvalue weighted by atomic mass is 16.1. The van der Waals surface area contributed by atoms with E-state index in [0.717, 1.165) is 6.42 Å². The monoisotopic (exact) mass is 141 g/mol. The summed E-state index contributed by atoms with van der Waals surface area (Å²) in [6.45, 7) is 5.64. The van der Waals surface area contributed by atoms with E-state index in [9.17, 15) is 4.79 Å². The Kier molecular flexibility index (Phi) is 3.13. The molecule has 2 heteroatoms. The fraction of sp³-hybridized carbons (Fsp3) is 0.625. The molecule has 2 nitrogen and oxygen atoms in total. The summed E-state index contributed by atoms with van der Waals surface area (Å²) in [5.74, 6) is -0.280. The maximum absolute atomic E-state index is 10.7. The zero-order chi connectivity index (χ0) is 8.20. The van der Waals surface area contributed by atoms with Gasteiger partial charge in [-0.05, 0) is 20.3 Å². The van der Waals surface area contributed by atoms with Gasteiger partial charge in [-0.1, -0.05) is 19.1 Å². The number of carbonyl (C=O) groups is 1. The Morgan fingerprint density at radius 3 is 2.40 bits per heavy atom. The topological polar surface area (TPSA) is 43.1 Å². The van der Waals surface area contributed by atoms with Gasteiger partial charge in [-0.25, -0.2) is 0 Å². The summed E-state index contributed by atoms with van der Waals surface area (Å²) in [6.07, 6.45) is 4.73. The molecule has 0 bridgehead atoms. The molecule has 58 valence electrons. The Labute approximate surface area is 62.1 Å². The van der Waals surface area contributed by atoms with E-state index in [2.05, 4.69) is 0 Å². The number of allylic oxidation sites excluding steroid dienone is 1. The Morgan fingerprint density at radius 2 is 2.10 bits per heavy atom. The zero-order valence-electron chi connectivity index (χ0n) is 6.85. The van der Waals surface area contributed by atoms with Gasteiger partial charge in [0.2, 0.25) is 5.91 Å². The molecule has 0 atom stereocenters. The summed E-state index contributed by atoms with van der Waals surface area (Å²) in [4.78, 5) is 10.7. The van der Waals surface area contributed by atoms with Crippen molar-refractivity contribution in [3.8, 4) is 0 Å². The minimum Gasteiger partial charge on any atom is -0.369 e. The highest BCUT2D eigenvalue weighted by Crippen LogP contribution is 2.15. The van der Waals surface area contributed by atoms with Gasteiger partial charge in [0.15, 0.2) is 0 Å². The average molecular weight is 141 g/mol. The third-order valence-corrected chi connectivity index (χ3v) is 1.41. The fourth-order valence-corrected chi connectivity index (χ4v) is 0.495. The molecular formula is C8H15NO. The Morgan fingerprint density at radius 1 is 1.60 bits per heavy atom. The second-order valence-corrected chi connectivity index (χ2v) is 2.90. The van der Waals surface area contributed by atoms with Crippen molar-refractivity contribution in [1.82, 2.24) is 0 Å². The molecule has 0 rings (SSSR count). The second kappa shape index (κ2) is 3.40. The summed E-state index contributed by atoms with van der Waals surface area (Å²) in [5, 5.41) is 0. The van der Waals surface area contributed by atoms with E-state index in [0.29, 0.717) is 0 Å². The highest BCUT2D eigenvalue weighted by Gasteiger charge is 2.19. The SMILES string of the molecule is CCC=CC(C)(C)C(N)=O. The summed E-state index contributed by atoms with van der Waals surface area (Å²) in [6, 6.07) is 0. The number of amides is 1. The van der Waals surface area contributed by atoms with E-state index < -0.39 is 5.41 Å². The predicted molar refractivity (Wildman–Crippen MR) is 42.4 cm³/mol. The van der Waals surface area contributed by atoms with Crippen LogP contribution in [0.3, 0.4) is 0 Å². The van der Waals surface area contributed by atoms with Gasteiger partial charge in [-0.2, -0.15) is 0 Å². The third-order valence-electron chi connectivity index (χ3n) is 1.41. The van der Waals surface area contributed by atoms with Crippen LogP contribution in [0.15, 0.2) is 12.2 Å². The zero-order valence-corrected chi connectivity index (χ0v) is 6.85. The first-order valence-electron chi connectivity index (χ1n) is 3.48. The van der Waals surface area contributed by atoms with Crippen LogP contribution in [0.4, 0.5) is 0 Å². The van der Waals surface area contributed by atoms with Crippen molar-refractivity contribution >= 4 is 5.91 Å². The van der Waals surface area contributed by atoms with E-state index in [1.165, 1.54) is 0 Å². The van der Waals surface area contributed by atoms with Gasteiger partial charge in [-0.3, -0.25) is 4.79 Å². The molecule has 0 heterocycles. The van der Waals surface area contributed by atoms with E-state index in [1.807, 2.05) is 32.9 Å². The molecule has 0 unspecified atom stereocenters. The second-order valence-electron chi connectivity index (χ2n) is 2.90. The van der Waals surface area contributed by atoms with Crippen LogP contribution in [-0.4, -0.2) is 5.91 Å². The van der Waals surface area contributed by atoms with Crippen LogP contribution in [0.2, 0.25) is 0 Å². The van der Waals surface area contributed by atoms with Crippen molar-refractivity contribution in [1.29, 1.82) is 0 Å². The van der Waals surface area contributed by atoms with Crippen molar-refractivity contribution < 1.29 is 4.79 Å². The van der Waals surface area contributed by atoms with Crippen LogP contribution in [0.5, 0.6) is 0 Å². The number of hydrogen-bond donors (Lipinski definition) is 1. The normalized spacial score (nSPS) is 12.3. The molecule has 0 aliphatic carbocycles. The average Bonchev–Trinajstić information content (AvgIpc) is 1.84. The molecule has 0 aromatic heterocycles. The maximum atomic E-state index is 10.7. The summed E-state index contributed by atoms with van der Waals surface area (Å²) >= 11 is 0. The number of hydrogen-bond acceptors (Lipinski definition) is 1. The molecule has 2 N–H and O–H groups in total. The van der Waals surface area contributed by atoms with Crippen molar-refractivity contribution in [3.05, 3.63) is 12.2 Å². The van der Waals surface area contributed by atoms with Crippen molar-refractivity contribution in [2.24, 2.45) is 11.1 Å². The van der Waals surface area contributed by atoms with Crippen LogP contribution >= 0.6 is 0 Å². The third kappa shape index (κ3) is 2.67. The Balaban J connectivity index is 4.12. The first kappa shape index (κ1) is 9.21. The summed E-state index contributed by atoms with van der Waals surface area (Å²) < 4.78 is 0. The lowest BCUT2D eigenvalue weighted by molar-refractivity contribution is -0.123. The molecular weight excluding hydrogens is 126 g/mol. The quantitative estimate of drug-likeness (QED) is 0.594. The van der Waals surface area contributed by atoms with Gasteiger partial charge >= 0.3 is 0 Å². The molecule has 0 aromatic carbocycles. The molecule has 10 heavy (non-hydrogen) atoms. The number of rotatable bonds is 3. The molecule has 1 amide bonds. The van der Waals surface area contributed by atoms with E-state index in [-0.39, 0.29) is 5.91 Å². The van der Waals surface area contributed by atoms with E-state index >= 15 is 0 Å². The van der Waals surface area contributed by atoms with E-state index in [1.54, 1.807) is 0 Å². The fourth-order valence-electron chi connectivity index (χ4n) is 0.495. The molecule has 0 fully saturated rings. The van der Waals surface area contributed by atoms with Crippen LogP contribution in [-0.2, 0) is 4.79 Å². The number of primary amides is 1. The minimum absolute atomic E-state index is 0.280. The van der Waals surface area contributed by atoms with Gasteiger partial charge in [-0.15, -0.1) is 0 Å². The van der Waals surface area contributed by atoms with Crippen molar-refractivity contribution in [3.63, 3.8) is 0 Å². The number of carbonyl (C=O) groups excluding carboxylic acids is 1. The maximum Gasteiger partial charge on any atom is 0.226 e. The summed E-state index contributed by atoms with van der Waals surface area (Å²) in [7, 11) is 0. The Hall–Kier alpha value is -0.790. The van der Waals surface area contributed by atoms with Gasteiger partial charge in [0.25, 0.3) is 0 Å². The van der Waals surface area contributed by atoms with Crippen LogP contribution < -0.4 is 5.73 Å². The van der Waals surface area contributed by atoms with Gasteiger partial charge < -0.3 is 5.73 Å². The van der Waals surface area contributed by atoms with Crippen LogP contribution in [0, 0.1) is 5.41 Å². The van der Waals surface area contributed by atoms with Gasteiger partial charge in [0, 0.05) is 0 Å². The van der Waals surface area contributed by atoms with Gasteiger partial charge in [0.05, 0.1) is 5.41 Å². The highest BCUT2D eigenvalue weighted by molar-refractivity contribution is 5.81. The minimum atomic E-state index is -0.490. The first-order valence-corrected chi connectivity index (χ1v) is 3.48. The molecule has 0 saturated heterocycles. The van der Waals surface area contributed by atoms with Crippen molar-refractivity contribution in [2.75, 3.05) is 0 Å².